The molecule has 1 unspecified atom stereocenters. The Morgan fingerprint density at radius 1 is 1.15 bits per heavy atom. The third kappa shape index (κ3) is 2.94. The first-order valence-electron chi connectivity index (χ1n) is 10.9. The van der Waals surface area contributed by atoms with Gasteiger partial charge in [0.15, 0.2) is 5.78 Å². The summed E-state index contributed by atoms with van der Waals surface area (Å²) in [4.78, 5) is 25.0. The Hall–Kier alpha value is -1.32. The van der Waals surface area contributed by atoms with E-state index < -0.39 is 0 Å². The number of rotatable bonds is 1. The van der Waals surface area contributed by atoms with Crippen LogP contribution >= 0.6 is 0 Å². The van der Waals surface area contributed by atoms with Crippen molar-refractivity contribution >= 4 is 11.7 Å². The van der Waals surface area contributed by atoms with Crippen molar-refractivity contribution in [1.29, 1.82) is 0 Å². The largest absolute Gasteiger partial charge is 0.387 e. The lowest BCUT2D eigenvalue weighted by Gasteiger charge is -2.58. The summed E-state index contributed by atoms with van der Waals surface area (Å²) in [6.45, 7) is 11.9. The molecule has 4 heteroatoms. The molecule has 3 aliphatic carbocycles. The van der Waals surface area contributed by atoms with Crippen LogP contribution in [0.1, 0.15) is 73.1 Å². The Balaban J connectivity index is 1.58. The molecule has 4 nitrogen and oxygen atoms in total. The number of piperidine rings is 1. The first-order valence-corrected chi connectivity index (χ1v) is 10.9. The number of hydrogen-bond donors (Lipinski definition) is 2. The number of nitrogens with one attached hydrogen (secondary N) is 2. The van der Waals surface area contributed by atoms with E-state index in [9.17, 15) is 9.59 Å². The standard InChI is InChI=1S/C23H36N2O2/c1-21(2,3)25-20(27)18-7-6-16-15-13-24-19-12-14(26)8-10-23(19,5)17(15)9-11-22(16,18)4/h12,15-18,24H,6-11,13H2,1-5H3,(H,25,27)/t15-,16-,17+,18?,22-,23+/m0/s1. The summed E-state index contributed by atoms with van der Waals surface area (Å²) in [5.74, 6) is 2.53. The molecule has 2 saturated carbocycles. The normalized spacial score (nSPS) is 43.7. The van der Waals surface area contributed by atoms with Crippen LogP contribution < -0.4 is 10.6 Å². The van der Waals surface area contributed by atoms with Gasteiger partial charge in [0, 0.05) is 41.6 Å². The molecule has 1 saturated heterocycles. The van der Waals surface area contributed by atoms with Crippen LogP contribution in [-0.4, -0.2) is 23.8 Å². The van der Waals surface area contributed by atoms with Gasteiger partial charge in [0.2, 0.25) is 5.91 Å². The molecule has 2 N–H and O–H groups in total. The van der Waals surface area contributed by atoms with Gasteiger partial charge in [-0.15, -0.1) is 0 Å². The molecule has 27 heavy (non-hydrogen) atoms. The van der Waals surface area contributed by atoms with Crippen LogP contribution in [0.5, 0.6) is 0 Å². The summed E-state index contributed by atoms with van der Waals surface area (Å²) in [6, 6.07) is 0. The molecule has 1 heterocycles. The predicted octanol–water partition coefficient (Wildman–Crippen LogP) is 3.82. The number of hydrogen-bond acceptors (Lipinski definition) is 3. The van der Waals surface area contributed by atoms with Crippen LogP contribution in [0.2, 0.25) is 0 Å². The van der Waals surface area contributed by atoms with Crippen molar-refractivity contribution < 1.29 is 9.59 Å². The van der Waals surface area contributed by atoms with Gasteiger partial charge in [-0.05, 0) is 76.0 Å². The van der Waals surface area contributed by atoms with Crippen LogP contribution in [0, 0.1) is 34.5 Å². The van der Waals surface area contributed by atoms with Crippen LogP contribution in [-0.2, 0) is 9.59 Å². The zero-order chi connectivity index (χ0) is 19.6. The summed E-state index contributed by atoms with van der Waals surface area (Å²) in [6.07, 6.45) is 8.03. The Morgan fingerprint density at radius 3 is 2.59 bits per heavy atom. The van der Waals surface area contributed by atoms with Crippen molar-refractivity contribution in [3.8, 4) is 0 Å². The number of allylic oxidation sites excluding steroid dienone is 2. The monoisotopic (exact) mass is 372 g/mol. The highest BCUT2D eigenvalue weighted by Gasteiger charge is 2.60. The lowest BCUT2D eigenvalue weighted by Crippen LogP contribution is -2.57. The highest BCUT2D eigenvalue weighted by atomic mass is 16.2. The van der Waals surface area contributed by atoms with Crippen LogP contribution in [0.25, 0.3) is 0 Å². The Morgan fingerprint density at radius 2 is 1.89 bits per heavy atom. The lowest BCUT2D eigenvalue weighted by molar-refractivity contribution is -0.133. The fourth-order valence-corrected chi connectivity index (χ4v) is 7.03. The van der Waals surface area contributed by atoms with E-state index >= 15 is 0 Å². The topological polar surface area (TPSA) is 58.2 Å². The van der Waals surface area contributed by atoms with E-state index in [-0.39, 0.29) is 34.0 Å². The first kappa shape index (κ1) is 19.0. The van der Waals surface area contributed by atoms with Gasteiger partial charge in [0.1, 0.15) is 0 Å². The molecule has 1 aliphatic heterocycles. The van der Waals surface area contributed by atoms with Crippen LogP contribution in [0.3, 0.4) is 0 Å². The third-order valence-electron chi connectivity index (χ3n) is 8.41. The highest BCUT2D eigenvalue weighted by Crippen LogP contribution is 2.64. The zero-order valence-electron chi connectivity index (χ0n) is 17.7. The van der Waals surface area contributed by atoms with Gasteiger partial charge in [-0.1, -0.05) is 13.8 Å². The fourth-order valence-electron chi connectivity index (χ4n) is 7.03. The van der Waals surface area contributed by atoms with Crippen molar-refractivity contribution in [2.24, 2.45) is 34.5 Å². The SMILES string of the molecule is CC(C)(C)NC(=O)C1CC[C@H]2[C@@H]3CNC4=CC(=O)CC[C@]4(C)[C@@H]3CC[C@]12C. The minimum absolute atomic E-state index is 0.111. The summed E-state index contributed by atoms with van der Waals surface area (Å²) in [5.41, 5.74) is 1.24. The summed E-state index contributed by atoms with van der Waals surface area (Å²) < 4.78 is 0. The number of fused-ring (bicyclic) bond motifs is 5. The maximum atomic E-state index is 13.0. The molecule has 0 aromatic rings. The number of ketones is 1. The number of amides is 1. The molecular weight excluding hydrogens is 336 g/mol. The predicted molar refractivity (Wildman–Crippen MR) is 107 cm³/mol. The molecule has 4 aliphatic rings. The van der Waals surface area contributed by atoms with E-state index in [0.717, 1.165) is 32.2 Å². The molecule has 0 aromatic carbocycles. The molecule has 0 aromatic heterocycles. The fraction of sp³-hybridized carbons (Fsp3) is 0.826. The van der Waals surface area contributed by atoms with Crippen molar-refractivity contribution in [2.75, 3.05) is 6.54 Å². The maximum absolute atomic E-state index is 13.0. The van der Waals surface area contributed by atoms with E-state index in [1.54, 1.807) is 0 Å². The summed E-state index contributed by atoms with van der Waals surface area (Å²) in [5, 5.41) is 6.89. The van der Waals surface area contributed by atoms with E-state index in [1.807, 2.05) is 6.08 Å². The molecule has 6 atom stereocenters. The van der Waals surface area contributed by atoms with E-state index in [1.165, 1.54) is 12.1 Å². The number of carbonyl (C=O) groups is 2. The van der Waals surface area contributed by atoms with E-state index in [2.05, 4.69) is 45.3 Å². The Labute approximate surface area is 163 Å². The third-order valence-corrected chi connectivity index (χ3v) is 8.41. The second-order valence-electron chi connectivity index (χ2n) is 11.1. The van der Waals surface area contributed by atoms with Crippen LogP contribution in [0.15, 0.2) is 11.8 Å². The summed E-state index contributed by atoms with van der Waals surface area (Å²) >= 11 is 0. The molecule has 0 radical (unpaired) electrons. The number of carbonyl (C=O) groups excluding carboxylic acids is 2. The minimum atomic E-state index is -0.170. The van der Waals surface area contributed by atoms with E-state index in [4.69, 9.17) is 0 Å². The van der Waals surface area contributed by atoms with Gasteiger partial charge < -0.3 is 10.6 Å². The quantitative estimate of drug-likeness (QED) is 0.736. The van der Waals surface area contributed by atoms with Crippen molar-refractivity contribution in [1.82, 2.24) is 10.6 Å². The molecule has 4 rings (SSSR count). The van der Waals surface area contributed by atoms with Crippen molar-refractivity contribution in [2.45, 2.75) is 78.7 Å². The van der Waals surface area contributed by atoms with Gasteiger partial charge in [0.05, 0.1) is 0 Å². The molecular formula is C23H36N2O2. The van der Waals surface area contributed by atoms with Gasteiger partial charge >= 0.3 is 0 Å². The zero-order valence-corrected chi connectivity index (χ0v) is 17.7. The van der Waals surface area contributed by atoms with Gasteiger partial charge in [-0.3, -0.25) is 9.59 Å². The van der Waals surface area contributed by atoms with Gasteiger partial charge in [-0.2, -0.15) is 0 Å². The maximum Gasteiger partial charge on any atom is 0.224 e. The highest BCUT2D eigenvalue weighted by molar-refractivity contribution is 5.91. The molecule has 0 bridgehead atoms. The minimum Gasteiger partial charge on any atom is -0.387 e. The van der Waals surface area contributed by atoms with Crippen molar-refractivity contribution in [3.05, 3.63) is 11.8 Å². The molecule has 150 valence electrons. The average molecular weight is 373 g/mol. The Kier molecular flexibility index (Phi) is 4.29. The van der Waals surface area contributed by atoms with Gasteiger partial charge in [-0.25, -0.2) is 0 Å². The van der Waals surface area contributed by atoms with Gasteiger partial charge in [0.25, 0.3) is 0 Å². The van der Waals surface area contributed by atoms with Crippen LogP contribution in [0.4, 0.5) is 0 Å². The second-order valence-corrected chi connectivity index (χ2v) is 11.1. The molecule has 3 fully saturated rings. The van der Waals surface area contributed by atoms with Crippen molar-refractivity contribution in [3.63, 3.8) is 0 Å². The first-order chi connectivity index (χ1) is 12.5. The summed E-state index contributed by atoms with van der Waals surface area (Å²) in [7, 11) is 0. The Bertz CT molecular complexity index is 691. The average Bonchev–Trinajstić information content (AvgIpc) is 2.91. The second kappa shape index (κ2) is 6.09. The lowest BCUT2D eigenvalue weighted by atomic mass is 9.50. The molecule has 1 amide bonds. The van der Waals surface area contributed by atoms with E-state index in [0.29, 0.717) is 24.2 Å². The smallest absolute Gasteiger partial charge is 0.224 e. The molecule has 0 spiro atoms.